The summed E-state index contributed by atoms with van der Waals surface area (Å²) in [4.78, 5) is 0. The van der Waals surface area contributed by atoms with Crippen LogP contribution < -0.4 is 5.32 Å². The fraction of sp³-hybridized carbons (Fsp3) is 0.133. The lowest BCUT2D eigenvalue weighted by Gasteiger charge is -2.16. The van der Waals surface area contributed by atoms with Crippen LogP contribution in [0.1, 0.15) is 18.5 Å². The molecule has 1 aromatic heterocycles. The highest BCUT2D eigenvalue weighted by molar-refractivity contribution is 9.10. The van der Waals surface area contributed by atoms with Gasteiger partial charge in [-0.15, -0.1) is 5.10 Å². The average molecular weight is 344 g/mol. The smallest absolute Gasteiger partial charge is 0.143 e. The Morgan fingerprint density at radius 1 is 1.14 bits per heavy atom. The summed E-state index contributed by atoms with van der Waals surface area (Å²) in [5.41, 5.74) is 3.22. The molecule has 1 unspecified atom stereocenters. The van der Waals surface area contributed by atoms with Gasteiger partial charge in [0.15, 0.2) is 0 Å². The van der Waals surface area contributed by atoms with Crippen molar-refractivity contribution in [3.8, 4) is 5.69 Å². The number of tetrazole rings is 1. The molecule has 1 N–H and O–H groups in total. The summed E-state index contributed by atoms with van der Waals surface area (Å²) in [5, 5.41) is 14.6. The van der Waals surface area contributed by atoms with Crippen LogP contribution in [0, 0.1) is 0 Å². The summed E-state index contributed by atoms with van der Waals surface area (Å²) in [6.07, 6.45) is 1.58. The number of aromatic nitrogens is 4. The second kappa shape index (κ2) is 6.05. The zero-order chi connectivity index (χ0) is 14.7. The number of hydrogen-bond acceptors (Lipinski definition) is 4. The summed E-state index contributed by atoms with van der Waals surface area (Å²) in [6, 6.07) is 16.5. The summed E-state index contributed by atoms with van der Waals surface area (Å²) in [5.74, 6) is 0. The predicted octanol–water partition coefficient (Wildman–Crippen LogP) is 3.60. The van der Waals surface area contributed by atoms with Gasteiger partial charge in [-0.3, -0.25) is 0 Å². The molecule has 106 valence electrons. The fourth-order valence-corrected chi connectivity index (χ4v) is 2.52. The van der Waals surface area contributed by atoms with Crippen molar-refractivity contribution in [2.24, 2.45) is 0 Å². The Labute approximate surface area is 131 Å². The van der Waals surface area contributed by atoms with Crippen molar-refractivity contribution < 1.29 is 0 Å². The molecular formula is C15H14BrN5. The van der Waals surface area contributed by atoms with E-state index < -0.39 is 0 Å². The Bertz CT molecular complexity index is 709. The van der Waals surface area contributed by atoms with Gasteiger partial charge in [-0.1, -0.05) is 28.1 Å². The maximum Gasteiger partial charge on any atom is 0.143 e. The zero-order valence-electron chi connectivity index (χ0n) is 11.4. The minimum Gasteiger partial charge on any atom is -0.379 e. The number of halogens is 1. The molecule has 0 aliphatic carbocycles. The molecule has 0 fully saturated rings. The lowest BCUT2D eigenvalue weighted by Crippen LogP contribution is -2.06. The van der Waals surface area contributed by atoms with Crippen LogP contribution in [-0.2, 0) is 0 Å². The molecule has 2 aromatic carbocycles. The first-order valence-corrected chi connectivity index (χ1v) is 7.37. The molecule has 0 aliphatic heterocycles. The Kier molecular flexibility index (Phi) is 3.96. The Morgan fingerprint density at radius 2 is 1.95 bits per heavy atom. The second-order valence-electron chi connectivity index (χ2n) is 4.72. The minimum absolute atomic E-state index is 0.224. The quantitative estimate of drug-likeness (QED) is 0.786. The Balaban J connectivity index is 1.73. The lowest BCUT2D eigenvalue weighted by atomic mass is 10.1. The van der Waals surface area contributed by atoms with Crippen molar-refractivity contribution in [3.05, 3.63) is 64.9 Å². The van der Waals surface area contributed by atoms with Crippen LogP contribution in [0.5, 0.6) is 0 Å². The molecule has 1 heterocycles. The average Bonchev–Trinajstić information content (AvgIpc) is 3.02. The molecule has 0 bridgehead atoms. The van der Waals surface area contributed by atoms with E-state index in [1.54, 1.807) is 11.0 Å². The van der Waals surface area contributed by atoms with Crippen molar-refractivity contribution in [1.29, 1.82) is 0 Å². The third-order valence-corrected chi connectivity index (χ3v) is 3.71. The summed E-state index contributed by atoms with van der Waals surface area (Å²) in [6.45, 7) is 2.14. The number of nitrogens with one attached hydrogen (secondary N) is 1. The molecule has 3 aromatic rings. The van der Waals surface area contributed by atoms with Gasteiger partial charge in [-0.25, -0.2) is 4.68 Å². The maximum atomic E-state index is 3.86. The monoisotopic (exact) mass is 343 g/mol. The van der Waals surface area contributed by atoms with Gasteiger partial charge in [0.25, 0.3) is 0 Å². The van der Waals surface area contributed by atoms with Crippen LogP contribution in [0.15, 0.2) is 59.3 Å². The van der Waals surface area contributed by atoms with Gasteiger partial charge in [-0.2, -0.15) is 0 Å². The van der Waals surface area contributed by atoms with Gasteiger partial charge in [-0.05, 0) is 59.3 Å². The predicted molar refractivity (Wildman–Crippen MR) is 85.3 cm³/mol. The van der Waals surface area contributed by atoms with E-state index in [0.29, 0.717) is 0 Å². The second-order valence-corrected chi connectivity index (χ2v) is 5.64. The summed E-state index contributed by atoms with van der Waals surface area (Å²) in [7, 11) is 0. The lowest BCUT2D eigenvalue weighted by molar-refractivity contribution is 0.789. The third-order valence-electron chi connectivity index (χ3n) is 3.21. The van der Waals surface area contributed by atoms with Crippen LogP contribution in [0.4, 0.5) is 5.69 Å². The highest BCUT2D eigenvalue weighted by Crippen LogP contribution is 2.22. The molecule has 0 amide bonds. The fourth-order valence-electron chi connectivity index (χ4n) is 2.10. The van der Waals surface area contributed by atoms with Gasteiger partial charge in [0, 0.05) is 16.2 Å². The first-order valence-electron chi connectivity index (χ1n) is 6.58. The summed E-state index contributed by atoms with van der Waals surface area (Å²) >= 11 is 3.50. The number of rotatable bonds is 4. The van der Waals surface area contributed by atoms with Crippen molar-refractivity contribution in [2.45, 2.75) is 13.0 Å². The van der Waals surface area contributed by atoms with E-state index in [2.05, 4.69) is 55.8 Å². The van der Waals surface area contributed by atoms with Crippen LogP contribution in [0.25, 0.3) is 5.69 Å². The highest BCUT2D eigenvalue weighted by Gasteiger charge is 2.06. The van der Waals surface area contributed by atoms with Crippen molar-refractivity contribution in [3.63, 3.8) is 0 Å². The normalized spacial score (nSPS) is 12.1. The summed E-state index contributed by atoms with van der Waals surface area (Å²) < 4.78 is 2.71. The molecule has 0 saturated heterocycles. The highest BCUT2D eigenvalue weighted by atomic mass is 79.9. The van der Waals surface area contributed by atoms with E-state index in [1.165, 1.54) is 5.56 Å². The maximum absolute atomic E-state index is 3.86. The van der Waals surface area contributed by atoms with Crippen LogP contribution in [-0.4, -0.2) is 20.2 Å². The van der Waals surface area contributed by atoms with Crippen LogP contribution in [0.2, 0.25) is 0 Å². The molecule has 1 atom stereocenters. The molecule has 21 heavy (non-hydrogen) atoms. The number of nitrogens with zero attached hydrogens (tertiary/aromatic N) is 4. The Morgan fingerprint density at radius 3 is 2.62 bits per heavy atom. The van der Waals surface area contributed by atoms with E-state index in [0.717, 1.165) is 15.8 Å². The molecule has 0 saturated carbocycles. The van der Waals surface area contributed by atoms with Crippen LogP contribution >= 0.6 is 15.9 Å². The molecule has 5 nitrogen and oxygen atoms in total. The van der Waals surface area contributed by atoms with E-state index in [4.69, 9.17) is 0 Å². The third kappa shape index (κ3) is 3.28. The minimum atomic E-state index is 0.224. The number of hydrogen-bond donors (Lipinski definition) is 1. The molecule has 0 radical (unpaired) electrons. The van der Waals surface area contributed by atoms with Crippen molar-refractivity contribution in [2.75, 3.05) is 5.32 Å². The van der Waals surface area contributed by atoms with Crippen molar-refractivity contribution >= 4 is 21.6 Å². The standard InChI is InChI=1S/C15H14BrN5/c1-11(12-3-2-4-13(16)9-12)18-14-5-7-15(8-6-14)21-10-17-19-20-21/h2-11,18H,1H3. The first-order chi connectivity index (χ1) is 10.2. The molecule has 0 aliphatic rings. The SMILES string of the molecule is CC(Nc1ccc(-n2cnnn2)cc1)c1cccc(Br)c1. The molecule has 0 spiro atoms. The zero-order valence-corrected chi connectivity index (χ0v) is 13.0. The largest absolute Gasteiger partial charge is 0.379 e. The Hall–Kier alpha value is -2.21. The van der Waals surface area contributed by atoms with Gasteiger partial charge in [0.1, 0.15) is 6.33 Å². The van der Waals surface area contributed by atoms with E-state index in [-0.39, 0.29) is 6.04 Å². The van der Waals surface area contributed by atoms with Crippen molar-refractivity contribution in [1.82, 2.24) is 20.2 Å². The van der Waals surface area contributed by atoms with E-state index >= 15 is 0 Å². The van der Waals surface area contributed by atoms with E-state index in [1.807, 2.05) is 36.4 Å². The van der Waals surface area contributed by atoms with Gasteiger partial charge in [0.05, 0.1) is 5.69 Å². The van der Waals surface area contributed by atoms with E-state index in [9.17, 15) is 0 Å². The van der Waals surface area contributed by atoms with Crippen LogP contribution in [0.3, 0.4) is 0 Å². The topological polar surface area (TPSA) is 55.6 Å². The molecule has 6 heteroatoms. The number of anilines is 1. The molecular weight excluding hydrogens is 330 g/mol. The first kappa shape index (κ1) is 13.8. The molecule has 3 rings (SSSR count). The van der Waals surface area contributed by atoms with Gasteiger partial charge in [0.2, 0.25) is 0 Å². The number of benzene rings is 2. The van der Waals surface area contributed by atoms with Gasteiger partial charge >= 0.3 is 0 Å². The van der Waals surface area contributed by atoms with Gasteiger partial charge < -0.3 is 5.32 Å².